The smallest absolute Gasteiger partial charge is 0.256 e. The van der Waals surface area contributed by atoms with Gasteiger partial charge in [-0.05, 0) is 68.8 Å². The Morgan fingerprint density at radius 1 is 1.03 bits per heavy atom. The number of carbonyl (C=O) groups excluding carboxylic acids is 2. The summed E-state index contributed by atoms with van der Waals surface area (Å²) in [4.78, 5) is 32.8. The number of aromatic amines is 1. The van der Waals surface area contributed by atoms with E-state index in [1.165, 1.54) is 5.56 Å². The third kappa shape index (κ3) is 5.84. The van der Waals surface area contributed by atoms with Crippen molar-refractivity contribution in [1.82, 2.24) is 15.2 Å². The highest BCUT2D eigenvalue weighted by molar-refractivity contribution is 7.98. The van der Waals surface area contributed by atoms with Crippen molar-refractivity contribution in [3.63, 3.8) is 0 Å². The first-order chi connectivity index (χ1) is 17.8. The van der Waals surface area contributed by atoms with Crippen molar-refractivity contribution in [1.29, 1.82) is 0 Å². The first kappa shape index (κ1) is 26.8. The van der Waals surface area contributed by atoms with Crippen molar-refractivity contribution in [3.05, 3.63) is 81.7 Å². The van der Waals surface area contributed by atoms with Gasteiger partial charge in [-0.3, -0.25) is 9.59 Å². The van der Waals surface area contributed by atoms with Gasteiger partial charge in [-0.2, -0.15) is 0 Å². The monoisotopic (exact) mass is 516 g/mol. The van der Waals surface area contributed by atoms with Crippen molar-refractivity contribution < 1.29 is 9.59 Å². The molecule has 0 fully saturated rings. The third-order valence-electron chi connectivity index (χ3n) is 7.01. The van der Waals surface area contributed by atoms with E-state index < -0.39 is 0 Å². The number of rotatable bonds is 10. The van der Waals surface area contributed by atoms with Crippen LogP contribution in [0.15, 0.2) is 47.4 Å². The summed E-state index contributed by atoms with van der Waals surface area (Å²) < 4.78 is 0. The standard InChI is InChI=1S/C30H36N4O2S/c1-6-34(7-2)16-15-31-30(36)27-19(3)25(32-21(27)5)17-23-28-20(4)26(14-13-24(28)33-29(23)35)37-18-22-11-9-8-10-12-22/h8-14,17,32H,6-7,15-16,18H2,1-5H3,(H,31,36)(H,33,35)/b23-17-. The second kappa shape index (κ2) is 11.8. The molecule has 7 heteroatoms. The van der Waals surface area contributed by atoms with Crippen molar-refractivity contribution in [2.45, 2.75) is 45.3 Å². The minimum Gasteiger partial charge on any atom is -0.358 e. The van der Waals surface area contributed by atoms with Crippen LogP contribution in [0.1, 0.15) is 57.8 Å². The Morgan fingerprint density at radius 2 is 1.76 bits per heavy atom. The summed E-state index contributed by atoms with van der Waals surface area (Å²) in [6.07, 6.45) is 1.88. The largest absolute Gasteiger partial charge is 0.358 e. The molecule has 2 heterocycles. The molecule has 2 aromatic carbocycles. The number of hydrogen-bond donors (Lipinski definition) is 3. The Kier molecular flexibility index (Phi) is 8.56. The lowest BCUT2D eigenvalue weighted by atomic mass is 9.99. The van der Waals surface area contributed by atoms with Gasteiger partial charge in [-0.15, -0.1) is 11.8 Å². The van der Waals surface area contributed by atoms with Crippen LogP contribution in [0.25, 0.3) is 11.6 Å². The predicted octanol–water partition coefficient (Wildman–Crippen LogP) is 5.80. The Morgan fingerprint density at radius 3 is 2.46 bits per heavy atom. The molecule has 2 amide bonds. The van der Waals surface area contributed by atoms with Gasteiger partial charge in [0.05, 0.1) is 11.1 Å². The molecule has 0 aliphatic carbocycles. The SMILES string of the molecule is CCN(CC)CCNC(=O)c1c(C)[nH]c(/C=C2\C(=O)Nc3ccc(SCc4ccccc4)c(C)c32)c1C. The number of thioether (sulfide) groups is 1. The number of aromatic nitrogens is 1. The number of carbonyl (C=O) groups is 2. The second-order valence-electron chi connectivity index (χ2n) is 9.34. The van der Waals surface area contributed by atoms with Crippen molar-refractivity contribution in [2.75, 3.05) is 31.5 Å². The minimum absolute atomic E-state index is 0.0879. The van der Waals surface area contributed by atoms with Gasteiger partial charge in [0.2, 0.25) is 0 Å². The highest BCUT2D eigenvalue weighted by Crippen LogP contribution is 2.40. The maximum absolute atomic E-state index is 13.0. The third-order valence-corrected chi connectivity index (χ3v) is 8.25. The van der Waals surface area contributed by atoms with E-state index >= 15 is 0 Å². The van der Waals surface area contributed by atoms with Gasteiger partial charge in [0.25, 0.3) is 11.8 Å². The zero-order valence-electron chi connectivity index (χ0n) is 22.3. The second-order valence-corrected chi connectivity index (χ2v) is 10.4. The Labute approximate surface area is 223 Å². The molecule has 1 aliphatic heterocycles. The highest BCUT2D eigenvalue weighted by Gasteiger charge is 2.28. The Balaban J connectivity index is 1.58. The lowest BCUT2D eigenvalue weighted by molar-refractivity contribution is -0.110. The zero-order chi connectivity index (χ0) is 26.5. The average Bonchev–Trinajstić information content (AvgIpc) is 3.36. The molecule has 0 unspecified atom stereocenters. The molecular weight excluding hydrogens is 480 g/mol. The van der Waals surface area contributed by atoms with Crippen LogP contribution in [-0.2, 0) is 10.5 Å². The fourth-order valence-corrected chi connectivity index (χ4v) is 5.83. The number of nitrogens with zero attached hydrogens (tertiary/aromatic N) is 1. The van der Waals surface area contributed by atoms with E-state index in [1.54, 1.807) is 11.8 Å². The molecule has 3 aromatic rings. The molecular formula is C30H36N4O2S. The van der Waals surface area contributed by atoms with E-state index in [0.29, 0.717) is 17.7 Å². The Hall–Kier alpha value is -3.29. The van der Waals surface area contributed by atoms with E-state index in [2.05, 4.69) is 71.6 Å². The number of aryl methyl sites for hydroxylation is 1. The summed E-state index contributed by atoms with van der Waals surface area (Å²) in [5, 5.41) is 6.06. The number of likely N-dealkylation sites (N-methyl/N-ethyl adjacent to an activating group) is 1. The van der Waals surface area contributed by atoms with Crippen LogP contribution in [0.4, 0.5) is 5.69 Å². The van der Waals surface area contributed by atoms with Crippen LogP contribution in [-0.4, -0.2) is 47.9 Å². The fourth-order valence-electron chi connectivity index (χ4n) is 4.84. The summed E-state index contributed by atoms with van der Waals surface area (Å²) in [5.41, 5.74) is 7.79. The maximum atomic E-state index is 13.0. The summed E-state index contributed by atoms with van der Waals surface area (Å²) >= 11 is 1.77. The van der Waals surface area contributed by atoms with Gasteiger partial charge in [0, 0.05) is 46.4 Å². The van der Waals surface area contributed by atoms with Gasteiger partial charge in [-0.1, -0.05) is 44.2 Å². The molecule has 0 radical (unpaired) electrons. The van der Waals surface area contributed by atoms with E-state index in [0.717, 1.165) is 64.0 Å². The van der Waals surface area contributed by atoms with Gasteiger partial charge in [0.1, 0.15) is 0 Å². The van der Waals surface area contributed by atoms with E-state index in [4.69, 9.17) is 0 Å². The first-order valence-corrected chi connectivity index (χ1v) is 13.9. The first-order valence-electron chi connectivity index (χ1n) is 12.9. The number of hydrogen-bond acceptors (Lipinski definition) is 4. The summed E-state index contributed by atoms with van der Waals surface area (Å²) in [6.45, 7) is 13.5. The van der Waals surface area contributed by atoms with Crippen molar-refractivity contribution >= 4 is 40.9 Å². The van der Waals surface area contributed by atoms with E-state index in [1.807, 2.05) is 32.1 Å². The van der Waals surface area contributed by atoms with Gasteiger partial charge >= 0.3 is 0 Å². The van der Waals surface area contributed by atoms with Crippen molar-refractivity contribution in [2.24, 2.45) is 0 Å². The summed E-state index contributed by atoms with van der Waals surface area (Å²) in [6, 6.07) is 14.4. The Bertz CT molecular complexity index is 1320. The molecule has 6 nitrogen and oxygen atoms in total. The van der Waals surface area contributed by atoms with Gasteiger partial charge < -0.3 is 20.5 Å². The number of nitrogens with one attached hydrogen (secondary N) is 3. The van der Waals surface area contributed by atoms with Crippen LogP contribution in [0.3, 0.4) is 0 Å². The molecule has 1 aromatic heterocycles. The molecule has 4 rings (SSSR count). The number of benzene rings is 2. The molecule has 37 heavy (non-hydrogen) atoms. The summed E-state index contributed by atoms with van der Waals surface area (Å²) in [5.74, 6) is 0.651. The fraction of sp³-hybridized carbons (Fsp3) is 0.333. The van der Waals surface area contributed by atoms with Crippen LogP contribution in [0, 0.1) is 20.8 Å². The average molecular weight is 517 g/mol. The predicted molar refractivity (Wildman–Crippen MR) is 154 cm³/mol. The topological polar surface area (TPSA) is 77.2 Å². The van der Waals surface area contributed by atoms with Crippen LogP contribution < -0.4 is 10.6 Å². The molecule has 194 valence electrons. The molecule has 0 bridgehead atoms. The molecule has 0 spiro atoms. The lowest BCUT2D eigenvalue weighted by Crippen LogP contribution is -2.35. The molecule has 1 aliphatic rings. The molecule has 0 saturated heterocycles. The lowest BCUT2D eigenvalue weighted by Gasteiger charge is -2.18. The number of H-pyrrole nitrogens is 1. The van der Waals surface area contributed by atoms with E-state index in [-0.39, 0.29) is 11.8 Å². The highest BCUT2D eigenvalue weighted by atomic mass is 32.2. The molecule has 0 atom stereocenters. The minimum atomic E-state index is -0.125. The zero-order valence-corrected chi connectivity index (χ0v) is 23.1. The van der Waals surface area contributed by atoms with Crippen LogP contribution >= 0.6 is 11.8 Å². The quantitative estimate of drug-likeness (QED) is 0.235. The normalized spacial score (nSPS) is 13.8. The summed E-state index contributed by atoms with van der Waals surface area (Å²) in [7, 11) is 0. The number of anilines is 1. The molecule has 3 N–H and O–H groups in total. The van der Waals surface area contributed by atoms with Crippen LogP contribution in [0.5, 0.6) is 0 Å². The number of fused-ring (bicyclic) bond motifs is 1. The van der Waals surface area contributed by atoms with Gasteiger partial charge in [0.15, 0.2) is 0 Å². The number of amides is 2. The van der Waals surface area contributed by atoms with Gasteiger partial charge in [-0.25, -0.2) is 0 Å². The molecule has 0 saturated carbocycles. The maximum Gasteiger partial charge on any atom is 0.256 e. The van der Waals surface area contributed by atoms with E-state index in [9.17, 15) is 9.59 Å². The van der Waals surface area contributed by atoms with Crippen molar-refractivity contribution in [3.8, 4) is 0 Å². The van der Waals surface area contributed by atoms with Crippen LogP contribution in [0.2, 0.25) is 0 Å².